The summed E-state index contributed by atoms with van der Waals surface area (Å²) in [5, 5.41) is 1.56. The normalized spacial score (nSPS) is 12.2. The summed E-state index contributed by atoms with van der Waals surface area (Å²) in [7, 11) is 1.22. The van der Waals surface area contributed by atoms with E-state index in [0.29, 0.717) is 0 Å². The molecule has 0 aliphatic rings. The molecule has 0 aromatic heterocycles. The molecule has 1 N–H and O–H groups in total. The van der Waals surface area contributed by atoms with Crippen LogP contribution in [0.15, 0.2) is 18.2 Å². The van der Waals surface area contributed by atoms with E-state index in [2.05, 4.69) is 0 Å². The molecule has 106 valence electrons. The summed E-state index contributed by atoms with van der Waals surface area (Å²) >= 11 is 5.63. The number of anilines is 1. The fourth-order valence-electron chi connectivity index (χ4n) is 1.08. The lowest BCUT2D eigenvalue weighted by Gasteiger charge is -2.18. The van der Waals surface area contributed by atoms with E-state index in [1.165, 1.54) is 18.5 Å². The highest BCUT2D eigenvalue weighted by Crippen LogP contribution is 2.36. The number of carbonyl (C=O) groups excluding carboxylic acids is 1. The molecule has 0 saturated heterocycles. The van der Waals surface area contributed by atoms with Crippen molar-refractivity contribution in [2.24, 2.45) is 0 Å². The second kappa shape index (κ2) is 5.20. The first-order chi connectivity index (χ1) is 8.59. The Balaban J connectivity index is 2.95. The number of amides is 1. The fourth-order valence-corrected chi connectivity index (χ4v) is 1.27. The molecule has 1 aromatic carbocycles. The maximum absolute atomic E-state index is 12.7. The van der Waals surface area contributed by atoms with Crippen LogP contribution in [0.5, 0.6) is 5.75 Å². The van der Waals surface area contributed by atoms with Crippen molar-refractivity contribution in [3.05, 3.63) is 23.2 Å². The van der Waals surface area contributed by atoms with Crippen molar-refractivity contribution in [1.29, 1.82) is 0 Å². The van der Waals surface area contributed by atoms with Gasteiger partial charge >= 0.3 is 18.0 Å². The molecule has 0 aliphatic heterocycles. The third-order valence-corrected chi connectivity index (χ3v) is 2.36. The number of rotatable bonds is 3. The molecule has 0 aliphatic carbocycles. The van der Waals surface area contributed by atoms with E-state index in [4.69, 9.17) is 16.3 Å². The summed E-state index contributed by atoms with van der Waals surface area (Å²) in [5.74, 6) is -7.95. The van der Waals surface area contributed by atoms with E-state index in [9.17, 15) is 26.7 Å². The Kier molecular flexibility index (Phi) is 4.24. The lowest BCUT2D eigenvalue weighted by atomic mass is 10.2. The summed E-state index contributed by atoms with van der Waals surface area (Å²) in [5.41, 5.74) is -0.296. The van der Waals surface area contributed by atoms with Gasteiger partial charge in [-0.05, 0) is 12.1 Å². The van der Waals surface area contributed by atoms with E-state index < -0.39 is 18.0 Å². The monoisotopic (exact) mass is 303 g/mol. The van der Waals surface area contributed by atoms with Crippen LogP contribution >= 0.6 is 11.6 Å². The number of methoxy groups -OCH3 is 1. The standard InChI is InChI=1S/C10H7ClF5NO2/c1-19-7-4-5(2-3-6(7)11)17-8(18)9(12,13)10(14,15)16/h2-4H,1H3,(H,17,18). The van der Waals surface area contributed by atoms with E-state index in [-0.39, 0.29) is 16.5 Å². The Morgan fingerprint density at radius 2 is 1.84 bits per heavy atom. The minimum atomic E-state index is -5.96. The van der Waals surface area contributed by atoms with Crippen LogP contribution in [0.25, 0.3) is 0 Å². The van der Waals surface area contributed by atoms with Gasteiger partial charge in [-0.15, -0.1) is 0 Å². The molecular formula is C10H7ClF5NO2. The van der Waals surface area contributed by atoms with Crippen molar-refractivity contribution < 1.29 is 31.5 Å². The van der Waals surface area contributed by atoms with Gasteiger partial charge < -0.3 is 10.1 Å². The molecule has 1 amide bonds. The molecular weight excluding hydrogens is 297 g/mol. The number of hydrogen-bond acceptors (Lipinski definition) is 2. The molecule has 0 unspecified atom stereocenters. The lowest BCUT2D eigenvalue weighted by molar-refractivity contribution is -0.267. The summed E-state index contributed by atoms with van der Waals surface area (Å²) in [6, 6.07) is 3.27. The Morgan fingerprint density at radius 1 is 1.26 bits per heavy atom. The van der Waals surface area contributed by atoms with Gasteiger partial charge in [0.05, 0.1) is 12.1 Å². The molecule has 0 spiro atoms. The van der Waals surface area contributed by atoms with Crippen molar-refractivity contribution in [3.63, 3.8) is 0 Å². The minimum absolute atomic E-state index is 0.0230. The van der Waals surface area contributed by atoms with Gasteiger partial charge in [0, 0.05) is 11.8 Å². The summed E-state index contributed by atoms with van der Waals surface area (Å²) in [6.45, 7) is 0. The van der Waals surface area contributed by atoms with Crippen molar-refractivity contribution in [3.8, 4) is 5.75 Å². The summed E-state index contributed by atoms with van der Waals surface area (Å²) in [6.07, 6.45) is -5.96. The Bertz CT molecular complexity index is 489. The molecule has 19 heavy (non-hydrogen) atoms. The van der Waals surface area contributed by atoms with Crippen LogP contribution in [0, 0.1) is 0 Å². The zero-order chi connectivity index (χ0) is 14.8. The molecule has 0 atom stereocenters. The third-order valence-electron chi connectivity index (χ3n) is 2.05. The molecule has 1 rings (SSSR count). The number of halogens is 6. The second-order valence-corrected chi connectivity index (χ2v) is 3.78. The van der Waals surface area contributed by atoms with E-state index in [1.807, 2.05) is 0 Å². The topological polar surface area (TPSA) is 38.3 Å². The summed E-state index contributed by atoms with van der Waals surface area (Å²) < 4.78 is 65.9. The largest absolute Gasteiger partial charge is 0.495 e. The Morgan fingerprint density at radius 3 is 2.32 bits per heavy atom. The van der Waals surface area contributed by atoms with Crippen LogP contribution in [0.1, 0.15) is 0 Å². The number of alkyl halides is 5. The highest BCUT2D eigenvalue weighted by atomic mass is 35.5. The average molecular weight is 304 g/mol. The molecule has 0 saturated carbocycles. The molecule has 1 aromatic rings. The number of hydrogen-bond donors (Lipinski definition) is 1. The molecule has 0 fully saturated rings. The van der Waals surface area contributed by atoms with Crippen LogP contribution < -0.4 is 10.1 Å². The minimum Gasteiger partial charge on any atom is -0.495 e. The maximum atomic E-state index is 12.7. The van der Waals surface area contributed by atoms with Crippen LogP contribution in [0.4, 0.5) is 27.6 Å². The SMILES string of the molecule is COc1cc(NC(=O)C(F)(F)C(F)(F)F)ccc1Cl. The van der Waals surface area contributed by atoms with Crippen LogP contribution in [-0.2, 0) is 4.79 Å². The molecule has 0 bridgehead atoms. The molecule has 0 radical (unpaired) electrons. The van der Waals surface area contributed by atoms with E-state index in [1.54, 1.807) is 0 Å². The van der Waals surface area contributed by atoms with Gasteiger partial charge in [0.2, 0.25) is 0 Å². The molecule has 3 nitrogen and oxygen atoms in total. The lowest BCUT2D eigenvalue weighted by Crippen LogP contribution is -2.47. The van der Waals surface area contributed by atoms with Gasteiger partial charge in [0.15, 0.2) is 0 Å². The average Bonchev–Trinajstić information content (AvgIpc) is 2.30. The molecule has 9 heteroatoms. The number of nitrogens with one attached hydrogen (secondary N) is 1. The van der Waals surface area contributed by atoms with Crippen LogP contribution in [-0.4, -0.2) is 25.1 Å². The first kappa shape index (κ1) is 15.5. The Hall–Kier alpha value is -1.57. The second-order valence-electron chi connectivity index (χ2n) is 3.38. The quantitative estimate of drug-likeness (QED) is 0.868. The smallest absolute Gasteiger partial charge is 0.463 e. The van der Waals surface area contributed by atoms with E-state index in [0.717, 1.165) is 12.1 Å². The van der Waals surface area contributed by atoms with Crippen LogP contribution in [0.2, 0.25) is 5.02 Å². The zero-order valence-corrected chi connectivity index (χ0v) is 10.1. The van der Waals surface area contributed by atoms with Crippen molar-refractivity contribution >= 4 is 23.2 Å². The van der Waals surface area contributed by atoms with Gasteiger partial charge in [0.1, 0.15) is 5.75 Å². The van der Waals surface area contributed by atoms with Gasteiger partial charge in [-0.2, -0.15) is 22.0 Å². The van der Waals surface area contributed by atoms with Crippen molar-refractivity contribution in [1.82, 2.24) is 0 Å². The van der Waals surface area contributed by atoms with Gasteiger partial charge in [0.25, 0.3) is 0 Å². The van der Waals surface area contributed by atoms with Crippen molar-refractivity contribution in [2.45, 2.75) is 12.1 Å². The number of carbonyl (C=O) groups is 1. The highest BCUT2D eigenvalue weighted by Gasteiger charge is 2.63. The molecule has 0 heterocycles. The number of benzene rings is 1. The summed E-state index contributed by atoms with van der Waals surface area (Å²) in [4.78, 5) is 10.9. The third kappa shape index (κ3) is 3.25. The van der Waals surface area contributed by atoms with Gasteiger partial charge in [-0.1, -0.05) is 11.6 Å². The predicted molar refractivity (Wildman–Crippen MR) is 57.6 cm³/mol. The number of ether oxygens (including phenoxy) is 1. The first-order valence-electron chi connectivity index (χ1n) is 4.69. The van der Waals surface area contributed by atoms with Crippen molar-refractivity contribution in [2.75, 3.05) is 12.4 Å². The zero-order valence-electron chi connectivity index (χ0n) is 9.32. The first-order valence-corrected chi connectivity index (χ1v) is 5.07. The maximum Gasteiger partial charge on any atom is 0.463 e. The van der Waals surface area contributed by atoms with Gasteiger partial charge in [-0.25, -0.2) is 0 Å². The fraction of sp³-hybridized carbons (Fsp3) is 0.300. The van der Waals surface area contributed by atoms with Gasteiger partial charge in [-0.3, -0.25) is 4.79 Å². The predicted octanol–water partition coefficient (Wildman–Crippen LogP) is 3.48. The van der Waals surface area contributed by atoms with E-state index >= 15 is 0 Å². The Labute approximate surface area is 109 Å². The van der Waals surface area contributed by atoms with Crippen LogP contribution in [0.3, 0.4) is 0 Å². The highest BCUT2D eigenvalue weighted by molar-refractivity contribution is 6.32.